The van der Waals surface area contributed by atoms with E-state index in [0.717, 1.165) is 82.9 Å². The number of carboxylic acids is 1. The van der Waals surface area contributed by atoms with Crippen LogP contribution in [0.1, 0.15) is 147 Å². The molecule has 22 heteroatoms. The maximum atomic E-state index is 12.9. The Labute approximate surface area is 436 Å². The number of carboxylic acid groups (broad SMARTS) is 1. The molecule has 3 heterocycles. The molecule has 0 spiro atoms. The van der Waals surface area contributed by atoms with Gasteiger partial charge in [-0.15, -0.1) is 12.6 Å². The molecule has 2 aromatic carbocycles. The van der Waals surface area contributed by atoms with Crippen molar-refractivity contribution in [3.8, 4) is 0 Å². The third-order valence-corrected chi connectivity index (χ3v) is 14.8. The van der Waals surface area contributed by atoms with Crippen LogP contribution in [-0.2, 0) is 57.7 Å². The van der Waals surface area contributed by atoms with Gasteiger partial charge in [0.15, 0.2) is 5.71 Å². The summed E-state index contributed by atoms with van der Waals surface area (Å²) in [6.07, 6.45) is 22.4. The Balaban J connectivity index is 0.00000278. The lowest BCUT2D eigenvalue weighted by Gasteiger charge is -2.30. The molecule has 400 valence electrons. The van der Waals surface area contributed by atoms with Crippen molar-refractivity contribution in [3.05, 3.63) is 101 Å². The minimum Gasteiger partial charge on any atom is -0.744 e. The summed E-state index contributed by atoms with van der Waals surface area (Å²) in [6, 6.07) is 12.8. The van der Waals surface area contributed by atoms with Crippen molar-refractivity contribution in [2.75, 3.05) is 35.6 Å². The van der Waals surface area contributed by atoms with Gasteiger partial charge in [-0.2, -0.15) is 23.0 Å². The molecule has 1 atom stereocenters. The van der Waals surface area contributed by atoms with E-state index in [-0.39, 0.29) is 40.8 Å². The molecular formula is C51H69ClN6O12S3. The van der Waals surface area contributed by atoms with Crippen LogP contribution < -0.4 is 10.2 Å². The highest BCUT2D eigenvalue weighted by Gasteiger charge is 2.45. The Morgan fingerprint density at radius 2 is 1.51 bits per heavy atom. The first-order valence-electron chi connectivity index (χ1n) is 24.8. The van der Waals surface area contributed by atoms with Crippen molar-refractivity contribution >= 4 is 77.2 Å². The van der Waals surface area contributed by atoms with Crippen LogP contribution in [0.5, 0.6) is 0 Å². The number of nitrogens with zero attached hydrogens (tertiary/aromatic N) is 5. The SMILES string of the molecule is CCCCN1C(=CC=CC=CC2=[N+](CCCS(=O)(=O)O)c3ccc(S(=O)(=O)[O-])cc3C2(C)C)C(C)(CCCCCC(=O)CCCCCc2nc(Cl)nc(NCCCCCC(=O)O)n2)c2ccccc21.O=S(=O)=O. The summed E-state index contributed by atoms with van der Waals surface area (Å²) in [4.78, 5) is 38.6. The number of carbonyl (C=O) groups is 2. The fraction of sp³-hybridized carbons (Fsp3) is 0.529. The second-order valence-electron chi connectivity index (χ2n) is 18.9. The molecule has 0 bridgehead atoms. The predicted octanol–water partition coefficient (Wildman–Crippen LogP) is 9.03. The van der Waals surface area contributed by atoms with Gasteiger partial charge in [0.05, 0.1) is 16.1 Å². The Morgan fingerprint density at radius 3 is 2.18 bits per heavy atom. The standard InChI is InChI=1S/C51H69ClN6O9S2.O3S/c1-5-6-34-58-42-25-18-17-24-40(42)51(4,32-19-9-12-23-38(59)22-11-7-15-28-46-54-48(52)56-49(55-46)53-33-20-10-16-29-47(60)61)45(58)27-14-8-13-26-44-50(2,3)41-37-39(69(65,66)67)30-31-43(41)57(44)35-21-36-68(62,63)64;1-4(2)3/h8,13-14,17-18,24-27,30-31,37H,5-7,9-12,15-16,19-23,28-29,32-36H2,1-4H3,(H3-,53,54,55,56,60,61,62,63,64,65,66,67);. The average molecular weight is 1090 g/mol. The van der Waals surface area contributed by atoms with Gasteiger partial charge in [0.2, 0.25) is 16.9 Å². The van der Waals surface area contributed by atoms with Crippen LogP contribution >= 0.6 is 11.6 Å². The molecular weight excluding hydrogens is 1020 g/mol. The number of anilines is 2. The van der Waals surface area contributed by atoms with E-state index in [1.807, 2.05) is 42.7 Å². The van der Waals surface area contributed by atoms with Crippen molar-refractivity contribution in [3.63, 3.8) is 0 Å². The molecule has 73 heavy (non-hydrogen) atoms. The van der Waals surface area contributed by atoms with Gasteiger partial charge in [-0.25, -0.2) is 13.4 Å². The van der Waals surface area contributed by atoms with Crippen molar-refractivity contribution in [1.29, 1.82) is 0 Å². The number of aromatic nitrogens is 3. The van der Waals surface area contributed by atoms with Gasteiger partial charge in [-0.05, 0) is 107 Å². The number of rotatable bonds is 30. The van der Waals surface area contributed by atoms with Crippen molar-refractivity contribution < 1.29 is 57.8 Å². The fourth-order valence-electron chi connectivity index (χ4n) is 9.39. The van der Waals surface area contributed by atoms with E-state index in [0.29, 0.717) is 55.3 Å². The van der Waals surface area contributed by atoms with Gasteiger partial charge >= 0.3 is 16.6 Å². The van der Waals surface area contributed by atoms with Gasteiger partial charge < -0.3 is 19.9 Å². The van der Waals surface area contributed by atoms with Crippen LogP contribution in [0.25, 0.3) is 0 Å². The molecule has 0 amide bonds. The van der Waals surface area contributed by atoms with Gasteiger partial charge in [-0.3, -0.25) is 14.1 Å². The average Bonchev–Trinajstić information content (AvgIpc) is 3.66. The summed E-state index contributed by atoms with van der Waals surface area (Å²) in [5, 5.41) is 12.1. The minimum atomic E-state index is -4.71. The molecule has 0 fully saturated rings. The Hall–Kier alpha value is -5.19. The number of allylic oxidation sites excluding steroid dienone is 6. The summed E-state index contributed by atoms with van der Waals surface area (Å²) in [5.41, 5.74) is 4.79. The predicted molar refractivity (Wildman–Crippen MR) is 280 cm³/mol. The van der Waals surface area contributed by atoms with Crippen LogP contribution in [0.4, 0.5) is 17.3 Å². The van der Waals surface area contributed by atoms with Gasteiger partial charge in [0.25, 0.3) is 10.1 Å². The number of hydrogen-bond donors (Lipinski definition) is 3. The quantitative estimate of drug-likeness (QED) is 0.0243. The number of aliphatic carboxylic acids is 1. The van der Waals surface area contributed by atoms with Gasteiger partial charge in [0.1, 0.15) is 28.3 Å². The zero-order chi connectivity index (χ0) is 53.8. The second-order valence-corrected chi connectivity index (χ2v) is 22.6. The number of nitrogens with one attached hydrogen (secondary N) is 1. The molecule has 5 rings (SSSR count). The van der Waals surface area contributed by atoms with Crippen LogP contribution in [0.2, 0.25) is 5.28 Å². The lowest BCUT2D eigenvalue weighted by Crippen LogP contribution is -2.29. The number of para-hydroxylation sites is 1. The first-order valence-corrected chi connectivity index (χ1v) is 29.1. The molecule has 3 N–H and O–H groups in total. The highest BCUT2D eigenvalue weighted by molar-refractivity contribution is 7.86. The molecule has 2 aliphatic heterocycles. The number of carbonyl (C=O) groups excluding carboxylic acids is 1. The molecule has 1 unspecified atom stereocenters. The van der Waals surface area contributed by atoms with E-state index in [9.17, 15) is 35.5 Å². The van der Waals surface area contributed by atoms with Gasteiger partial charge in [0, 0.05) is 79.7 Å². The number of unbranched alkanes of at least 4 members (excludes halogenated alkanes) is 7. The normalized spacial score (nSPS) is 16.8. The third-order valence-electron chi connectivity index (χ3n) is 13.0. The number of Topliss-reactive ketones (excluding diaryl/α,β-unsaturated/α-hetero) is 1. The molecule has 1 aromatic heterocycles. The minimum absolute atomic E-state index is 0.125. The number of halogens is 1. The zero-order valence-corrected chi connectivity index (χ0v) is 45.3. The molecule has 0 radical (unpaired) electrons. The summed E-state index contributed by atoms with van der Waals surface area (Å²) in [5.74, 6) is 0.0681. The van der Waals surface area contributed by atoms with E-state index in [1.54, 1.807) is 6.07 Å². The molecule has 0 aliphatic carbocycles. The van der Waals surface area contributed by atoms with E-state index >= 15 is 0 Å². The first-order chi connectivity index (χ1) is 34.5. The maximum Gasteiger partial charge on any atom is 0.425 e. The molecule has 18 nitrogen and oxygen atoms in total. The van der Waals surface area contributed by atoms with Crippen LogP contribution in [0.3, 0.4) is 0 Å². The lowest BCUT2D eigenvalue weighted by atomic mass is 9.77. The number of benzene rings is 2. The lowest BCUT2D eigenvalue weighted by molar-refractivity contribution is -0.437. The first kappa shape index (κ1) is 60.4. The number of aryl methyl sites for hydroxylation is 1. The molecule has 0 saturated carbocycles. The summed E-state index contributed by atoms with van der Waals surface area (Å²) >= 11 is 6.14. The number of fused-ring (bicyclic) bond motifs is 2. The van der Waals surface area contributed by atoms with Crippen LogP contribution in [0, 0.1) is 0 Å². The topological polar surface area (TPSA) is 274 Å². The molecule has 0 saturated heterocycles. The summed E-state index contributed by atoms with van der Waals surface area (Å²) < 4.78 is 95.7. The Morgan fingerprint density at radius 1 is 0.836 bits per heavy atom. The highest BCUT2D eigenvalue weighted by atomic mass is 35.5. The Bertz CT molecular complexity index is 2870. The number of hydrogen-bond acceptors (Lipinski definition) is 15. The molecule has 3 aromatic rings. The van der Waals surface area contributed by atoms with E-state index in [2.05, 4.69) is 69.4 Å². The van der Waals surface area contributed by atoms with Crippen LogP contribution in [-0.4, -0.2) is 106 Å². The molecule has 2 aliphatic rings. The fourth-order valence-corrected chi connectivity index (χ4v) is 10.6. The van der Waals surface area contributed by atoms with E-state index in [4.69, 9.17) is 29.3 Å². The van der Waals surface area contributed by atoms with Crippen molar-refractivity contribution in [2.45, 2.75) is 153 Å². The van der Waals surface area contributed by atoms with Gasteiger partial charge in [-0.1, -0.05) is 75.5 Å². The number of ketones is 1. The largest absolute Gasteiger partial charge is 0.744 e. The van der Waals surface area contributed by atoms with E-state index < -0.39 is 48.0 Å². The maximum absolute atomic E-state index is 12.9. The van der Waals surface area contributed by atoms with Crippen molar-refractivity contribution in [1.82, 2.24) is 15.0 Å². The summed E-state index contributed by atoms with van der Waals surface area (Å²) in [7, 11) is -12.0. The van der Waals surface area contributed by atoms with E-state index in [1.165, 1.54) is 29.1 Å². The smallest absolute Gasteiger partial charge is 0.425 e. The summed E-state index contributed by atoms with van der Waals surface area (Å²) in [6.45, 7) is 10.1. The monoisotopic (exact) mass is 1090 g/mol. The van der Waals surface area contributed by atoms with Crippen LogP contribution in [0.15, 0.2) is 83.4 Å². The Kier molecular flexibility index (Phi) is 23.5. The zero-order valence-electron chi connectivity index (χ0n) is 42.1. The van der Waals surface area contributed by atoms with Crippen molar-refractivity contribution in [2.24, 2.45) is 0 Å². The third kappa shape index (κ3) is 18.9. The second kappa shape index (κ2) is 28.5. The highest BCUT2D eigenvalue weighted by Crippen LogP contribution is 2.51.